The van der Waals surface area contributed by atoms with Crippen LogP contribution in [0.2, 0.25) is 5.02 Å². The highest BCUT2D eigenvalue weighted by molar-refractivity contribution is 6.31. The molecule has 2 N–H and O–H groups in total. The molecule has 0 saturated carbocycles. The molecule has 2 aromatic carbocycles. The highest BCUT2D eigenvalue weighted by Gasteiger charge is 2.17. The van der Waals surface area contributed by atoms with E-state index in [1.165, 1.54) is 26.4 Å². The second kappa shape index (κ2) is 6.33. The Labute approximate surface area is 128 Å². The van der Waals surface area contributed by atoms with Gasteiger partial charge in [-0.2, -0.15) is 0 Å². The van der Waals surface area contributed by atoms with Crippen LogP contribution in [0.25, 0.3) is 0 Å². The maximum atomic E-state index is 13.5. The van der Waals surface area contributed by atoms with Gasteiger partial charge in [0, 0.05) is 11.1 Å². The molecule has 0 aromatic heterocycles. The fourth-order valence-electron chi connectivity index (χ4n) is 2.23. The minimum absolute atomic E-state index is 0.322. The Bertz CT molecular complexity index is 641. The summed E-state index contributed by atoms with van der Waals surface area (Å²) in [5, 5.41) is 0.446. The molecule has 0 bridgehead atoms. The Morgan fingerprint density at radius 2 is 1.67 bits per heavy atom. The van der Waals surface area contributed by atoms with Gasteiger partial charge in [-0.25, -0.2) is 4.39 Å². The first-order valence-corrected chi connectivity index (χ1v) is 6.78. The molecule has 2 rings (SSSR count). The largest absolute Gasteiger partial charge is 0.493 e. The number of halogens is 2. The van der Waals surface area contributed by atoms with Gasteiger partial charge in [-0.05, 0) is 41.8 Å². The van der Waals surface area contributed by atoms with Gasteiger partial charge >= 0.3 is 0 Å². The van der Waals surface area contributed by atoms with Gasteiger partial charge in [0.1, 0.15) is 5.82 Å². The lowest BCUT2D eigenvalue weighted by atomic mass is 9.97. The molecule has 1 atom stereocenters. The second-order valence-electron chi connectivity index (χ2n) is 4.77. The van der Waals surface area contributed by atoms with E-state index in [-0.39, 0.29) is 5.82 Å². The quantitative estimate of drug-likeness (QED) is 0.933. The van der Waals surface area contributed by atoms with Gasteiger partial charge in [0.15, 0.2) is 11.5 Å². The van der Waals surface area contributed by atoms with Crippen molar-refractivity contribution in [3.63, 3.8) is 0 Å². The van der Waals surface area contributed by atoms with Crippen LogP contribution in [0.4, 0.5) is 4.39 Å². The van der Waals surface area contributed by atoms with Crippen LogP contribution in [0, 0.1) is 12.7 Å². The monoisotopic (exact) mass is 309 g/mol. The predicted molar refractivity (Wildman–Crippen MR) is 81.7 cm³/mol. The van der Waals surface area contributed by atoms with Crippen LogP contribution in [0.15, 0.2) is 30.3 Å². The molecule has 0 amide bonds. The molecule has 0 fully saturated rings. The highest BCUT2D eigenvalue weighted by atomic mass is 35.5. The Morgan fingerprint density at radius 3 is 2.24 bits per heavy atom. The van der Waals surface area contributed by atoms with Crippen molar-refractivity contribution in [3.8, 4) is 11.5 Å². The summed E-state index contributed by atoms with van der Waals surface area (Å²) in [4.78, 5) is 0. The molecule has 112 valence electrons. The number of hydrogen-bond donors (Lipinski definition) is 1. The summed E-state index contributed by atoms with van der Waals surface area (Å²) >= 11 is 6.25. The van der Waals surface area contributed by atoms with E-state index in [2.05, 4.69) is 0 Å². The molecule has 0 heterocycles. The van der Waals surface area contributed by atoms with Crippen LogP contribution in [0.1, 0.15) is 22.7 Å². The summed E-state index contributed by atoms with van der Waals surface area (Å²) in [6, 6.07) is 7.50. The Hall–Kier alpha value is -1.78. The van der Waals surface area contributed by atoms with Crippen molar-refractivity contribution < 1.29 is 13.9 Å². The number of aryl methyl sites for hydroxylation is 1. The smallest absolute Gasteiger partial charge is 0.162 e. The van der Waals surface area contributed by atoms with Crippen LogP contribution in [-0.4, -0.2) is 14.2 Å². The van der Waals surface area contributed by atoms with E-state index < -0.39 is 6.04 Å². The van der Waals surface area contributed by atoms with Crippen LogP contribution < -0.4 is 15.2 Å². The lowest BCUT2D eigenvalue weighted by molar-refractivity contribution is 0.354. The third-order valence-corrected chi connectivity index (χ3v) is 3.59. The summed E-state index contributed by atoms with van der Waals surface area (Å²) < 4.78 is 24.0. The van der Waals surface area contributed by atoms with Gasteiger partial charge in [-0.15, -0.1) is 0 Å². The lowest BCUT2D eigenvalue weighted by Gasteiger charge is -2.18. The van der Waals surface area contributed by atoms with E-state index in [1.54, 1.807) is 12.1 Å². The topological polar surface area (TPSA) is 44.5 Å². The minimum Gasteiger partial charge on any atom is -0.493 e. The Kier molecular flexibility index (Phi) is 4.70. The molecule has 2 aromatic rings. The molecule has 0 aliphatic heterocycles. The van der Waals surface area contributed by atoms with E-state index in [1.807, 2.05) is 13.0 Å². The Morgan fingerprint density at radius 1 is 1.05 bits per heavy atom. The van der Waals surface area contributed by atoms with Gasteiger partial charge < -0.3 is 15.2 Å². The zero-order valence-corrected chi connectivity index (χ0v) is 12.9. The van der Waals surface area contributed by atoms with Crippen molar-refractivity contribution in [1.29, 1.82) is 0 Å². The van der Waals surface area contributed by atoms with Gasteiger partial charge in [0.05, 0.1) is 20.3 Å². The average Bonchev–Trinajstić information content (AvgIpc) is 2.45. The molecule has 1 unspecified atom stereocenters. The minimum atomic E-state index is -0.549. The summed E-state index contributed by atoms with van der Waals surface area (Å²) in [7, 11) is 3.07. The molecule has 0 spiro atoms. The number of hydrogen-bond acceptors (Lipinski definition) is 3. The SMILES string of the molecule is COc1cc(Cl)c(C(N)c2cc(C)cc(F)c2)cc1OC. The van der Waals surface area contributed by atoms with E-state index in [0.717, 1.165) is 5.56 Å². The van der Waals surface area contributed by atoms with E-state index >= 15 is 0 Å². The van der Waals surface area contributed by atoms with Crippen molar-refractivity contribution in [3.05, 3.63) is 57.9 Å². The van der Waals surface area contributed by atoms with E-state index in [0.29, 0.717) is 27.6 Å². The van der Waals surface area contributed by atoms with Crippen molar-refractivity contribution in [2.75, 3.05) is 14.2 Å². The summed E-state index contributed by atoms with van der Waals surface area (Å²) in [6.07, 6.45) is 0. The first-order valence-electron chi connectivity index (χ1n) is 6.40. The lowest BCUT2D eigenvalue weighted by Crippen LogP contribution is -2.13. The molecule has 0 aliphatic carbocycles. The fourth-order valence-corrected chi connectivity index (χ4v) is 2.50. The molecule has 3 nitrogen and oxygen atoms in total. The Balaban J connectivity index is 2.49. The first-order chi connectivity index (χ1) is 9.96. The molecule has 0 aliphatic rings. The van der Waals surface area contributed by atoms with Gasteiger partial charge in [0.2, 0.25) is 0 Å². The molecular weight excluding hydrogens is 293 g/mol. The summed E-state index contributed by atoms with van der Waals surface area (Å²) in [5.74, 6) is 0.728. The molecule has 0 radical (unpaired) electrons. The molecule has 5 heteroatoms. The average molecular weight is 310 g/mol. The summed E-state index contributed by atoms with van der Waals surface area (Å²) in [5.41, 5.74) is 8.33. The van der Waals surface area contributed by atoms with Crippen LogP contribution in [-0.2, 0) is 0 Å². The van der Waals surface area contributed by atoms with Crippen molar-refractivity contribution in [2.45, 2.75) is 13.0 Å². The van der Waals surface area contributed by atoms with Crippen molar-refractivity contribution >= 4 is 11.6 Å². The molecule has 21 heavy (non-hydrogen) atoms. The second-order valence-corrected chi connectivity index (χ2v) is 5.18. The zero-order valence-electron chi connectivity index (χ0n) is 12.1. The predicted octanol–water partition coefficient (Wildman–Crippen LogP) is 3.85. The van der Waals surface area contributed by atoms with Crippen molar-refractivity contribution in [2.24, 2.45) is 5.73 Å². The third-order valence-electron chi connectivity index (χ3n) is 3.26. The van der Waals surface area contributed by atoms with Crippen LogP contribution in [0.5, 0.6) is 11.5 Å². The van der Waals surface area contributed by atoms with Crippen LogP contribution >= 0.6 is 11.6 Å². The summed E-state index contributed by atoms with van der Waals surface area (Å²) in [6.45, 7) is 1.81. The van der Waals surface area contributed by atoms with Crippen molar-refractivity contribution in [1.82, 2.24) is 0 Å². The van der Waals surface area contributed by atoms with E-state index in [4.69, 9.17) is 26.8 Å². The number of benzene rings is 2. The van der Waals surface area contributed by atoms with E-state index in [9.17, 15) is 4.39 Å². The van der Waals surface area contributed by atoms with Gasteiger partial charge in [-0.3, -0.25) is 0 Å². The normalized spacial score (nSPS) is 12.1. The highest BCUT2D eigenvalue weighted by Crippen LogP contribution is 2.37. The number of methoxy groups -OCH3 is 2. The molecular formula is C16H17ClFNO2. The van der Waals surface area contributed by atoms with Crippen LogP contribution in [0.3, 0.4) is 0 Å². The third kappa shape index (κ3) is 3.28. The van der Waals surface area contributed by atoms with Gasteiger partial charge in [0.25, 0.3) is 0 Å². The fraction of sp³-hybridized carbons (Fsp3) is 0.250. The molecule has 0 saturated heterocycles. The number of rotatable bonds is 4. The standard InChI is InChI=1S/C16H17ClFNO2/c1-9-4-10(6-11(18)5-9)16(19)12-7-14(20-2)15(21-3)8-13(12)17/h4-8,16H,19H2,1-3H3. The number of ether oxygens (including phenoxy) is 2. The maximum absolute atomic E-state index is 13.5. The zero-order chi connectivity index (χ0) is 15.6. The maximum Gasteiger partial charge on any atom is 0.162 e. The van der Waals surface area contributed by atoms with Gasteiger partial charge in [-0.1, -0.05) is 17.7 Å². The first kappa shape index (κ1) is 15.6. The number of nitrogens with two attached hydrogens (primary N) is 1.